The van der Waals surface area contributed by atoms with Gasteiger partial charge in [0.2, 0.25) is 5.95 Å². The van der Waals surface area contributed by atoms with E-state index in [0.717, 1.165) is 4.90 Å². The van der Waals surface area contributed by atoms with Crippen molar-refractivity contribution in [3.63, 3.8) is 0 Å². The summed E-state index contributed by atoms with van der Waals surface area (Å²) in [5.41, 5.74) is 2.95. The van der Waals surface area contributed by atoms with Crippen LogP contribution >= 0.6 is 0 Å². The monoisotopic (exact) mass is 408 g/mol. The number of nitrogen functional groups attached to an aromatic ring is 1. The van der Waals surface area contributed by atoms with E-state index in [1.807, 2.05) is 0 Å². The number of sulfone groups is 1. The van der Waals surface area contributed by atoms with Crippen molar-refractivity contribution in [2.45, 2.75) is 44.7 Å². The Balaban J connectivity index is 0.000000369. The van der Waals surface area contributed by atoms with Gasteiger partial charge in [0.1, 0.15) is 0 Å². The highest BCUT2D eigenvalue weighted by atomic mass is 32.2. The van der Waals surface area contributed by atoms with Crippen LogP contribution in [0.5, 0.6) is 0 Å². The van der Waals surface area contributed by atoms with Crippen LogP contribution in [0.1, 0.15) is 54.6 Å². The third kappa shape index (κ3) is 6.33. The van der Waals surface area contributed by atoms with Crippen molar-refractivity contribution in [1.29, 1.82) is 0 Å². The van der Waals surface area contributed by atoms with Crippen molar-refractivity contribution in [3.05, 3.63) is 17.5 Å². The first-order chi connectivity index (χ1) is 12.6. The number of nitrogens with zero attached hydrogens (tertiary/aromatic N) is 3. The molecule has 1 aromatic heterocycles. The molecule has 27 heavy (non-hydrogen) atoms. The molecule has 1 saturated carbocycles. The lowest BCUT2D eigenvalue weighted by Crippen LogP contribution is -2.44. The van der Waals surface area contributed by atoms with E-state index < -0.39 is 39.1 Å². The molecule has 2 fully saturated rings. The van der Waals surface area contributed by atoms with Gasteiger partial charge in [-0.15, -0.1) is 0 Å². The molecule has 0 radical (unpaired) electrons. The van der Waals surface area contributed by atoms with Crippen LogP contribution in [-0.2, 0) is 16.0 Å². The number of rotatable bonds is 1. The first kappa shape index (κ1) is 21.4. The maximum Gasteiger partial charge on any atom is 0.434 e. The number of hydrogen-bond acceptors (Lipinski definition) is 6. The Bertz CT molecular complexity index is 739. The average molecular weight is 408 g/mol. The second-order valence-electron chi connectivity index (χ2n) is 6.55. The van der Waals surface area contributed by atoms with Gasteiger partial charge in [0.25, 0.3) is 5.91 Å². The third-order valence-electron chi connectivity index (χ3n) is 4.44. The normalized spacial score (nSPS) is 19.7. The predicted octanol–water partition coefficient (Wildman–Crippen LogP) is 2.29. The Morgan fingerprint density at radius 3 is 1.96 bits per heavy atom. The van der Waals surface area contributed by atoms with Crippen molar-refractivity contribution in [3.8, 4) is 0 Å². The number of carbonyl (C=O) groups excluding carboxylic acids is 1. The lowest BCUT2D eigenvalue weighted by atomic mass is 10.0. The largest absolute Gasteiger partial charge is 0.434 e. The fourth-order valence-electron chi connectivity index (χ4n) is 2.91. The molecule has 1 aromatic rings. The number of aromatic nitrogens is 2. The van der Waals surface area contributed by atoms with Gasteiger partial charge >= 0.3 is 6.18 Å². The Kier molecular flexibility index (Phi) is 7.01. The highest BCUT2D eigenvalue weighted by Crippen LogP contribution is 2.31. The average Bonchev–Trinajstić information content (AvgIpc) is 2.62. The second kappa shape index (κ2) is 8.85. The van der Waals surface area contributed by atoms with Crippen LogP contribution in [0.4, 0.5) is 19.1 Å². The Hall–Kier alpha value is -1.91. The predicted molar refractivity (Wildman–Crippen MR) is 93.7 cm³/mol. The molecule has 2 N–H and O–H groups in total. The van der Waals surface area contributed by atoms with Crippen LogP contribution in [0.2, 0.25) is 0 Å². The number of carbonyl (C=O) groups is 1. The van der Waals surface area contributed by atoms with Crippen LogP contribution in [0.25, 0.3) is 0 Å². The molecule has 1 aliphatic heterocycles. The van der Waals surface area contributed by atoms with E-state index in [9.17, 15) is 26.4 Å². The van der Waals surface area contributed by atoms with E-state index in [0.29, 0.717) is 6.20 Å². The summed E-state index contributed by atoms with van der Waals surface area (Å²) < 4.78 is 61.1. The van der Waals surface area contributed by atoms with Gasteiger partial charge in [-0.2, -0.15) is 13.2 Å². The minimum absolute atomic E-state index is 0.164. The van der Waals surface area contributed by atoms with Crippen LogP contribution in [0.3, 0.4) is 0 Å². The molecule has 0 aromatic carbocycles. The number of nitrogens with two attached hydrogens (primary N) is 1. The molecular formula is C16H23F3N4O3S. The molecule has 7 nitrogen and oxygen atoms in total. The summed E-state index contributed by atoms with van der Waals surface area (Å²) in [6, 6.07) is 0. The van der Waals surface area contributed by atoms with Gasteiger partial charge in [0, 0.05) is 19.3 Å². The SMILES string of the molecule is C1CCCCC1.Nc1ncc(C(=O)N2CCS(=O)(=O)CC2)c(C(F)(F)F)n1. The van der Waals surface area contributed by atoms with Crippen molar-refractivity contribution >= 4 is 21.7 Å². The number of anilines is 1. The summed E-state index contributed by atoms with van der Waals surface area (Å²) in [5, 5.41) is 0. The molecule has 1 saturated heterocycles. The van der Waals surface area contributed by atoms with E-state index in [1.54, 1.807) is 0 Å². The zero-order valence-electron chi connectivity index (χ0n) is 14.8. The third-order valence-corrected chi connectivity index (χ3v) is 6.05. The van der Waals surface area contributed by atoms with E-state index in [2.05, 4.69) is 9.97 Å². The van der Waals surface area contributed by atoms with Crippen LogP contribution in [0, 0.1) is 0 Å². The first-order valence-corrected chi connectivity index (χ1v) is 10.6. The second-order valence-corrected chi connectivity index (χ2v) is 8.86. The van der Waals surface area contributed by atoms with E-state index in [4.69, 9.17) is 5.73 Å². The molecule has 11 heteroatoms. The van der Waals surface area contributed by atoms with Gasteiger partial charge in [-0.1, -0.05) is 38.5 Å². The Labute approximate surface area is 156 Å². The molecule has 2 heterocycles. The fourth-order valence-corrected chi connectivity index (χ4v) is 4.12. The molecular weight excluding hydrogens is 385 g/mol. The van der Waals surface area contributed by atoms with Gasteiger partial charge < -0.3 is 10.6 Å². The summed E-state index contributed by atoms with van der Waals surface area (Å²) in [5.74, 6) is -2.12. The number of halogens is 3. The molecule has 152 valence electrons. The van der Waals surface area contributed by atoms with Crippen molar-refractivity contribution < 1.29 is 26.4 Å². The topological polar surface area (TPSA) is 106 Å². The van der Waals surface area contributed by atoms with Crippen molar-refractivity contribution in [2.24, 2.45) is 0 Å². The first-order valence-electron chi connectivity index (χ1n) is 8.79. The zero-order valence-corrected chi connectivity index (χ0v) is 15.7. The number of alkyl halides is 3. The Morgan fingerprint density at radius 1 is 1.04 bits per heavy atom. The standard InChI is InChI=1S/C10H11F3N4O3S.C6H12/c11-10(12,13)7-6(5-15-9(14)16-7)8(18)17-1-3-21(19,20)4-2-17;1-2-4-6-5-3-1/h5H,1-4H2,(H2,14,15,16);1-6H2. The van der Waals surface area contributed by atoms with E-state index in [1.165, 1.54) is 38.5 Å². The number of amides is 1. The molecule has 0 atom stereocenters. The molecule has 1 amide bonds. The minimum atomic E-state index is -4.86. The van der Waals surface area contributed by atoms with Gasteiger partial charge in [0.15, 0.2) is 15.5 Å². The maximum atomic E-state index is 12.9. The molecule has 2 aliphatic rings. The van der Waals surface area contributed by atoms with Crippen molar-refractivity contribution in [2.75, 3.05) is 30.3 Å². The van der Waals surface area contributed by atoms with E-state index in [-0.39, 0.29) is 24.6 Å². The molecule has 0 unspecified atom stereocenters. The van der Waals surface area contributed by atoms with Crippen LogP contribution in [-0.4, -0.2) is 53.8 Å². The summed E-state index contributed by atoms with van der Waals surface area (Å²) in [7, 11) is -3.24. The van der Waals surface area contributed by atoms with Gasteiger partial charge in [-0.25, -0.2) is 18.4 Å². The summed E-state index contributed by atoms with van der Waals surface area (Å²) in [6.45, 7) is -0.328. The minimum Gasteiger partial charge on any atom is -0.368 e. The molecule has 1 aliphatic carbocycles. The van der Waals surface area contributed by atoms with Crippen molar-refractivity contribution in [1.82, 2.24) is 14.9 Å². The smallest absolute Gasteiger partial charge is 0.368 e. The van der Waals surface area contributed by atoms with E-state index >= 15 is 0 Å². The van der Waals surface area contributed by atoms with Crippen LogP contribution < -0.4 is 5.73 Å². The maximum absolute atomic E-state index is 12.9. The molecule has 0 bridgehead atoms. The highest BCUT2D eigenvalue weighted by molar-refractivity contribution is 7.91. The fraction of sp³-hybridized carbons (Fsp3) is 0.688. The molecule has 3 rings (SSSR count). The quantitative estimate of drug-likeness (QED) is 0.764. The molecule has 0 spiro atoms. The van der Waals surface area contributed by atoms with Gasteiger partial charge in [-0.3, -0.25) is 4.79 Å². The lowest BCUT2D eigenvalue weighted by molar-refractivity contribution is -0.141. The van der Waals surface area contributed by atoms with Crippen LogP contribution in [0.15, 0.2) is 6.20 Å². The summed E-state index contributed by atoms with van der Waals surface area (Å²) >= 11 is 0. The van der Waals surface area contributed by atoms with Gasteiger partial charge in [0.05, 0.1) is 17.1 Å². The summed E-state index contributed by atoms with van der Waals surface area (Å²) in [4.78, 5) is 19.6. The summed E-state index contributed by atoms with van der Waals surface area (Å²) in [6.07, 6.45) is 4.85. The zero-order chi connectivity index (χ0) is 20.1. The highest BCUT2D eigenvalue weighted by Gasteiger charge is 2.39. The number of hydrogen-bond donors (Lipinski definition) is 1. The lowest BCUT2D eigenvalue weighted by Gasteiger charge is -2.27. The van der Waals surface area contributed by atoms with Gasteiger partial charge in [-0.05, 0) is 0 Å². The Morgan fingerprint density at radius 2 is 1.52 bits per heavy atom.